The summed E-state index contributed by atoms with van der Waals surface area (Å²) in [4.78, 5) is 15.8. The largest absolute Gasteiger partial charge is 0.504 e. The Morgan fingerprint density at radius 3 is 2.95 bits per heavy atom. The Morgan fingerprint density at radius 2 is 2.32 bits per heavy atom. The van der Waals surface area contributed by atoms with Crippen LogP contribution in [0.25, 0.3) is 6.08 Å². The molecule has 0 unspecified atom stereocenters. The molecule has 0 spiro atoms. The molecule has 0 radical (unpaired) electrons. The van der Waals surface area contributed by atoms with Gasteiger partial charge in [-0.15, -0.1) is 0 Å². The van der Waals surface area contributed by atoms with Crippen LogP contribution in [-0.4, -0.2) is 34.2 Å². The number of methoxy groups -OCH3 is 1. The second-order valence-electron chi connectivity index (χ2n) is 4.80. The van der Waals surface area contributed by atoms with E-state index in [1.54, 1.807) is 30.7 Å². The molecule has 0 saturated carbocycles. The number of benzene rings is 1. The van der Waals surface area contributed by atoms with Crippen molar-refractivity contribution in [3.63, 3.8) is 0 Å². The maximum atomic E-state index is 11.7. The lowest BCUT2D eigenvalue weighted by molar-refractivity contribution is -0.116. The molecule has 6 nitrogen and oxygen atoms in total. The van der Waals surface area contributed by atoms with Crippen molar-refractivity contribution in [2.24, 2.45) is 7.05 Å². The van der Waals surface area contributed by atoms with Crippen molar-refractivity contribution < 1.29 is 14.6 Å². The van der Waals surface area contributed by atoms with Crippen LogP contribution >= 0.6 is 0 Å². The number of carbonyl (C=O) groups excluding carboxylic acids is 1. The van der Waals surface area contributed by atoms with Crippen molar-refractivity contribution in [2.45, 2.75) is 6.42 Å². The molecule has 2 N–H and O–H groups in total. The van der Waals surface area contributed by atoms with Gasteiger partial charge in [0.05, 0.1) is 13.4 Å². The van der Waals surface area contributed by atoms with E-state index in [1.807, 2.05) is 11.6 Å². The van der Waals surface area contributed by atoms with Crippen molar-refractivity contribution in [3.05, 3.63) is 48.1 Å². The average Bonchev–Trinajstić information content (AvgIpc) is 2.91. The summed E-state index contributed by atoms with van der Waals surface area (Å²) in [6.45, 7) is 0.538. The number of ether oxygens (including phenoxy) is 1. The van der Waals surface area contributed by atoms with E-state index < -0.39 is 0 Å². The van der Waals surface area contributed by atoms with Crippen molar-refractivity contribution in [1.82, 2.24) is 14.9 Å². The van der Waals surface area contributed by atoms with Crippen LogP contribution < -0.4 is 10.1 Å². The predicted molar refractivity (Wildman–Crippen MR) is 83.6 cm³/mol. The lowest BCUT2D eigenvalue weighted by atomic mass is 10.2. The van der Waals surface area contributed by atoms with Gasteiger partial charge in [0.15, 0.2) is 11.5 Å². The van der Waals surface area contributed by atoms with Gasteiger partial charge in [-0.05, 0) is 23.8 Å². The summed E-state index contributed by atoms with van der Waals surface area (Å²) in [6.07, 6.45) is 7.30. The van der Waals surface area contributed by atoms with Crippen LogP contribution in [0, 0.1) is 0 Å². The zero-order chi connectivity index (χ0) is 15.9. The van der Waals surface area contributed by atoms with Gasteiger partial charge in [-0.2, -0.15) is 0 Å². The van der Waals surface area contributed by atoms with Crippen molar-refractivity contribution in [1.29, 1.82) is 0 Å². The number of imidazole rings is 1. The molecule has 1 amide bonds. The number of aromatic nitrogens is 2. The Bertz CT molecular complexity index is 677. The number of phenols is 1. The zero-order valence-electron chi connectivity index (χ0n) is 12.6. The van der Waals surface area contributed by atoms with Crippen LogP contribution in [-0.2, 0) is 18.3 Å². The lowest BCUT2D eigenvalue weighted by Gasteiger charge is -2.04. The Morgan fingerprint density at radius 1 is 1.50 bits per heavy atom. The summed E-state index contributed by atoms with van der Waals surface area (Å²) in [7, 11) is 3.40. The fourth-order valence-corrected chi connectivity index (χ4v) is 1.98. The molecule has 0 aliphatic heterocycles. The summed E-state index contributed by atoms with van der Waals surface area (Å²) in [6, 6.07) is 4.95. The first-order chi connectivity index (χ1) is 10.6. The third kappa shape index (κ3) is 4.12. The minimum atomic E-state index is -0.183. The van der Waals surface area contributed by atoms with Gasteiger partial charge in [-0.25, -0.2) is 4.98 Å². The molecule has 0 saturated heterocycles. The maximum absolute atomic E-state index is 11.7. The Balaban J connectivity index is 1.83. The number of phenolic OH excluding ortho intramolecular Hbond substituents is 1. The summed E-state index contributed by atoms with van der Waals surface area (Å²) >= 11 is 0. The quantitative estimate of drug-likeness (QED) is 0.793. The number of hydrogen-bond acceptors (Lipinski definition) is 4. The highest BCUT2D eigenvalue weighted by atomic mass is 16.5. The molecule has 1 aromatic carbocycles. The second kappa shape index (κ2) is 7.31. The highest BCUT2D eigenvalue weighted by Crippen LogP contribution is 2.26. The third-order valence-corrected chi connectivity index (χ3v) is 3.23. The predicted octanol–water partition coefficient (Wildman–Crippen LogP) is 1.51. The van der Waals surface area contributed by atoms with E-state index >= 15 is 0 Å². The van der Waals surface area contributed by atoms with Crippen LogP contribution in [0.4, 0.5) is 0 Å². The number of carbonyl (C=O) groups is 1. The van der Waals surface area contributed by atoms with Crippen LogP contribution in [0.5, 0.6) is 11.5 Å². The highest BCUT2D eigenvalue weighted by Gasteiger charge is 2.02. The molecule has 0 bridgehead atoms. The maximum Gasteiger partial charge on any atom is 0.244 e. The van der Waals surface area contributed by atoms with E-state index in [9.17, 15) is 9.90 Å². The first-order valence-electron chi connectivity index (χ1n) is 6.88. The van der Waals surface area contributed by atoms with Gasteiger partial charge in [-0.3, -0.25) is 4.79 Å². The SMILES string of the molecule is COc1ccc(C=CC(=O)NCCc2cncn2C)cc1O. The van der Waals surface area contributed by atoms with Crippen LogP contribution in [0.1, 0.15) is 11.3 Å². The standard InChI is InChI=1S/C16H19N3O3/c1-19-11-17-10-13(19)7-8-18-16(21)6-4-12-3-5-15(22-2)14(20)9-12/h3-6,9-11,20H,7-8H2,1-2H3,(H,18,21). The van der Waals surface area contributed by atoms with E-state index in [-0.39, 0.29) is 11.7 Å². The molecule has 0 aliphatic rings. The number of hydrogen-bond donors (Lipinski definition) is 2. The van der Waals surface area contributed by atoms with Crippen molar-refractivity contribution in [2.75, 3.05) is 13.7 Å². The molecule has 2 rings (SSSR count). The number of nitrogens with zero attached hydrogens (tertiary/aromatic N) is 2. The molecular formula is C16H19N3O3. The van der Waals surface area contributed by atoms with E-state index in [0.29, 0.717) is 12.3 Å². The van der Waals surface area contributed by atoms with Gasteiger partial charge in [0, 0.05) is 38.0 Å². The first kappa shape index (κ1) is 15.6. The van der Waals surface area contributed by atoms with Gasteiger partial charge in [0.2, 0.25) is 5.91 Å². The fourth-order valence-electron chi connectivity index (χ4n) is 1.98. The summed E-state index contributed by atoms with van der Waals surface area (Å²) in [5, 5.41) is 12.5. The van der Waals surface area contributed by atoms with Crippen molar-refractivity contribution in [3.8, 4) is 11.5 Å². The molecule has 1 heterocycles. The second-order valence-corrected chi connectivity index (χ2v) is 4.80. The third-order valence-electron chi connectivity index (χ3n) is 3.23. The van der Waals surface area contributed by atoms with E-state index in [0.717, 1.165) is 17.7 Å². The van der Waals surface area contributed by atoms with E-state index in [4.69, 9.17) is 4.74 Å². The normalized spacial score (nSPS) is 10.8. The van der Waals surface area contributed by atoms with E-state index in [2.05, 4.69) is 10.3 Å². The fraction of sp³-hybridized carbons (Fsp3) is 0.250. The Kier molecular flexibility index (Phi) is 5.19. The van der Waals surface area contributed by atoms with Crippen molar-refractivity contribution >= 4 is 12.0 Å². The summed E-state index contributed by atoms with van der Waals surface area (Å²) in [5.74, 6) is 0.261. The Labute approximate surface area is 129 Å². The zero-order valence-corrected chi connectivity index (χ0v) is 12.6. The Hall–Kier alpha value is -2.76. The van der Waals surface area contributed by atoms with Gasteiger partial charge in [0.25, 0.3) is 0 Å². The molecule has 1 aromatic heterocycles. The smallest absolute Gasteiger partial charge is 0.244 e. The van der Waals surface area contributed by atoms with Gasteiger partial charge in [-0.1, -0.05) is 6.07 Å². The molecular weight excluding hydrogens is 282 g/mol. The van der Waals surface area contributed by atoms with Gasteiger partial charge < -0.3 is 19.7 Å². The van der Waals surface area contributed by atoms with E-state index in [1.165, 1.54) is 19.3 Å². The van der Waals surface area contributed by atoms with Crippen LogP contribution in [0.3, 0.4) is 0 Å². The molecule has 0 atom stereocenters. The molecule has 0 fully saturated rings. The minimum absolute atomic E-state index is 0.0428. The number of amides is 1. The number of aryl methyl sites for hydroxylation is 1. The average molecular weight is 301 g/mol. The molecule has 116 valence electrons. The summed E-state index contributed by atoms with van der Waals surface area (Å²) in [5.41, 5.74) is 1.78. The van der Waals surface area contributed by atoms with Crippen LogP contribution in [0.15, 0.2) is 36.8 Å². The first-order valence-corrected chi connectivity index (χ1v) is 6.88. The number of nitrogens with one attached hydrogen (secondary N) is 1. The molecule has 22 heavy (non-hydrogen) atoms. The summed E-state index contributed by atoms with van der Waals surface area (Å²) < 4.78 is 6.88. The van der Waals surface area contributed by atoms with Gasteiger partial charge in [0.1, 0.15) is 0 Å². The minimum Gasteiger partial charge on any atom is -0.504 e. The lowest BCUT2D eigenvalue weighted by Crippen LogP contribution is -2.24. The van der Waals surface area contributed by atoms with Gasteiger partial charge >= 0.3 is 0 Å². The number of rotatable bonds is 6. The molecule has 0 aliphatic carbocycles. The highest BCUT2D eigenvalue weighted by molar-refractivity contribution is 5.91. The van der Waals surface area contributed by atoms with Crippen LogP contribution in [0.2, 0.25) is 0 Å². The molecule has 2 aromatic rings. The molecule has 6 heteroatoms. The monoisotopic (exact) mass is 301 g/mol. The topological polar surface area (TPSA) is 76.4 Å². The number of aromatic hydroxyl groups is 1.